The second-order valence-electron chi connectivity index (χ2n) is 9.89. The van der Waals surface area contributed by atoms with Gasteiger partial charge in [-0.1, -0.05) is 59.7 Å². The molecule has 8 heteroatoms. The third-order valence-electron chi connectivity index (χ3n) is 7.86. The first-order valence-electron chi connectivity index (χ1n) is 11.9. The smallest absolute Gasteiger partial charge is 0.269 e. The van der Waals surface area contributed by atoms with E-state index >= 15 is 0 Å². The van der Waals surface area contributed by atoms with Gasteiger partial charge in [0.25, 0.3) is 5.69 Å². The number of ketones is 1. The van der Waals surface area contributed by atoms with Gasteiger partial charge in [0.05, 0.1) is 10.8 Å². The number of carbonyl (C=O) groups is 2. The number of nitrogens with zero attached hydrogens (tertiary/aromatic N) is 2. The number of non-ortho nitro benzene ring substituents is 1. The van der Waals surface area contributed by atoms with Crippen molar-refractivity contribution in [1.29, 1.82) is 0 Å². The number of nitro groups is 1. The molecule has 4 atom stereocenters. The molecule has 0 radical (unpaired) electrons. The van der Waals surface area contributed by atoms with Gasteiger partial charge in [0.15, 0.2) is 5.78 Å². The number of hydrogen-bond donors (Lipinski definition) is 1. The Morgan fingerprint density at radius 2 is 1.83 bits per heavy atom. The minimum Gasteiger partial charge on any atom is -0.324 e. The van der Waals surface area contributed by atoms with E-state index in [2.05, 4.69) is 10.2 Å². The van der Waals surface area contributed by atoms with Gasteiger partial charge in [-0.3, -0.25) is 24.6 Å². The molecule has 7 nitrogen and oxygen atoms in total. The van der Waals surface area contributed by atoms with Crippen LogP contribution in [0.25, 0.3) is 0 Å². The first kappa shape index (κ1) is 22.9. The molecule has 0 bridgehead atoms. The van der Waals surface area contributed by atoms with E-state index < -0.39 is 16.4 Å². The number of fused-ring (bicyclic) bond motifs is 4. The van der Waals surface area contributed by atoms with Crippen molar-refractivity contribution in [3.8, 4) is 0 Å². The third-order valence-corrected chi connectivity index (χ3v) is 8.90. The van der Waals surface area contributed by atoms with Gasteiger partial charge in [-0.2, -0.15) is 0 Å². The summed E-state index contributed by atoms with van der Waals surface area (Å²) in [4.78, 5) is 41.9. The zero-order valence-corrected chi connectivity index (χ0v) is 20.7. The fourth-order valence-electron chi connectivity index (χ4n) is 6.31. The molecule has 1 spiro atoms. The number of nitro benzene ring substituents is 1. The maximum atomic E-state index is 14.4. The highest BCUT2D eigenvalue weighted by Crippen LogP contribution is 2.61. The van der Waals surface area contributed by atoms with Crippen LogP contribution in [0.2, 0.25) is 0 Å². The first-order valence-corrected chi connectivity index (χ1v) is 13.1. The van der Waals surface area contributed by atoms with Gasteiger partial charge in [0.2, 0.25) is 5.91 Å². The molecule has 0 saturated carbocycles. The Bertz CT molecular complexity index is 1420. The molecular formula is C28H25N3O4S. The van der Waals surface area contributed by atoms with Crippen LogP contribution in [0.1, 0.15) is 38.5 Å². The highest BCUT2D eigenvalue weighted by molar-refractivity contribution is 7.99. The number of hydrogen-bond acceptors (Lipinski definition) is 6. The van der Waals surface area contributed by atoms with E-state index in [1.54, 1.807) is 23.9 Å². The van der Waals surface area contributed by atoms with Crippen LogP contribution >= 0.6 is 11.8 Å². The number of rotatable bonds is 4. The van der Waals surface area contributed by atoms with Crippen molar-refractivity contribution in [3.63, 3.8) is 0 Å². The van der Waals surface area contributed by atoms with Crippen molar-refractivity contribution in [2.75, 3.05) is 16.9 Å². The second-order valence-corrected chi connectivity index (χ2v) is 10.9. The van der Waals surface area contributed by atoms with Gasteiger partial charge in [-0.25, -0.2) is 0 Å². The van der Waals surface area contributed by atoms with Crippen LogP contribution in [0.15, 0.2) is 66.7 Å². The largest absolute Gasteiger partial charge is 0.324 e. The van der Waals surface area contributed by atoms with Gasteiger partial charge in [0, 0.05) is 52.5 Å². The van der Waals surface area contributed by atoms with Crippen LogP contribution in [0, 0.1) is 29.9 Å². The zero-order chi connectivity index (χ0) is 25.2. The van der Waals surface area contributed by atoms with Gasteiger partial charge < -0.3 is 5.32 Å². The molecule has 3 heterocycles. The lowest BCUT2D eigenvalue weighted by atomic mass is 9.69. The standard InChI is InChI=1S/C28H25N3O4S/c1-16-6-9-18(10-7-16)26(32)25-24(19-4-3-5-20(13-19)31(34)35)23-14-36-15-30(23)28(25)21-12-17(2)8-11-22(21)29-27(28)33/h3-13,23-25H,14-15H2,1-2H3,(H,29,33)/t23-,24+,25-,28-/m1/s1. The molecule has 0 unspecified atom stereocenters. The number of anilines is 1. The zero-order valence-electron chi connectivity index (χ0n) is 19.9. The van der Waals surface area contributed by atoms with E-state index in [-0.39, 0.29) is 29.3 Å². The lowest BCUT2D eigenvalue weighted by Gasteiger charge is -2.36. The van der Waals surface area contributed by atoms with Gasteiger partial charge >= 0.3 is 0 Å². The minimum absolute atomic E-state index is 0.0145. The van der Waals surface area contributed by atoms with Crippen LogP contribution < -0.4 is 5.32 Å². The van der Waals surface area contributed by atoms with Gasteiger partial charge in [-0.15, -0.1) is 11.8 Å². The predicted octanol–water partition coefficient (Wildman–Crippen LogP) is 5.03. The summed E-state index contributed by atoms with van der Waals surface area (Å²) in [5.74, 6) is -0.0954. The molecule has 3 aromatic rings. The summed E-state index contributed by atoms with van der Waals surface area (Å²) in [5.41, 5.74) is 3.65. The molecule has 0 aliphatic carbocycles. The Labute approximate surface area is 213 Å². The van der Waals surface area contributed by atoms with E-state index in [4.69, 9.17) is 0 Å². The van der Waals surface area contributed by atoms with Crippen molar-refractivity contribution in [3.05, 3.63) is 105 Å². The van der Waals surface area contributed by atoms with Crippen molar-refractivity contribution < 1.29 is 14.5 Å². The maximum Gasteiger partial charge on any atom is 0.269 e. The molecule has 2 fully saturated rings. The van der Waals surface area contributed by atoms with Crippen LogP contribution in [-0.4, -0.2) is 39.2 Å². The molecule has 1 N–H and O–H groups in total. The average Bonchev–Trinajstić information content (AvgIpc) is 3.52. The number of carbonyl (C=O) groups excluding carboxylic acids is 2. The number of thioether (sulfide) groups is 1. The predicted molar refractivity (Wildman–Crippen MR) is 139 cm³/mol. The van der Waals surface area contributed by atoms with Gasteiger partial charge in [-0.05, 0) is 25.5 Å². The lowest BCUT2D eigenvalue weighted by Crippen LogP contribution is -2.52. The van der Waals surface area contributed by atoms with Gasteiger partial charge in [0.1, 0.15) is 5.54 Å². The van der Waals surface area contributed by atoms with E-state index in [1.165, 1.54) is 6.07 Å². The van der Waals surface area contributed by atoms with Crippen LogP contribution in [0.5, 0.6) is 0 Å². The summed E-state index contributed by atoms with van der Waals surface area (Å²) in [6.07, 6.45) is 0. The molecule has 3 aromatic carbocycles. The molecule has 3 aliphatic rings. The SMILES string of the molecule is Cc1ccc(C(=O)[C@H]2[C@@H](c3cccc([N+](=O)[O-])c3)[C@H]3CSCN3[C@@]23C(=O)Nc2ccc(C)cc23)cc1. The lowest BCUT2D eigenvalue weighted by molar-refractivity contribution is -0.384. The van der Waals surface area contributed by atoms with Crippen LogP contribution in [0.3, 0.4) is 0 Å². The Balaban J connectivity index is 1.62. The van der Waals surface area contributed by atoms with Crippen LogP contribution in [0.4, 0.5) is 11.4 Å². The summed E-state index contributed by atoms with van der Waals surface area (Å²) < 4.78 is 0. The fourth-order valence-corrected chi connectivity index (χ4v) is 7.63. The summed E-state index contributed by atoms with van der Waals surface area (Å²) >= 11 is 1.73. The monoisotopic (exact) mass is 499 g/mol. The van der Waals surface area contributed by atoms with E-state index in [0.717, 1.165) is 33.7 Å². The molecule has 6 rings (SSSR count). The Morgan fingerprint density at radius 3 is 2.58 bits per heavy atom. The molecule has 1 amide bonds. The fraction of sp³-hybridized carbons (Fsp3) is 0.286. The number of nitrogens with one attached hydrogen (secondary N) is 1. The van der Waals surface area contributed by atoms with E-state index in [1.807, 2.05) is 62.4 Å². The topological polar surface area (TPSA) is 92.5 Å². The Hall–Kier alpha value is -3.49. The van der Waals surface area contributed by atoms with E-state index in [9.17, 15) is 19.7 Å². The summed E-state index contributed by atoms with van der Waals surface area (Å²) in [5, 5.41) is 14.7. The maximum absolute atomic E-state index is 14.4. The molecule has 2 saturated heterocycles. The number of amides is 1. The summed E-state index contributed by atoms with van der Waals surface area (Å²) in [6, 6.07) is 19.8. The Kier molecular flexibility index (Phi) is 5.28. The number of aryl methyl sites for hydroxylation is 2. The van der Waals surface area contributed by atoms with E-state index in [0.29, 0.717) is 11.4 Å². The minimum atomic E-state index is -1.19. The van der Waals surface area contributed by atoms with Crippen molar-refractivity contribution in [1.82, 2.24) is 4.90 Å². The summed E-state index contributed by atoms with van der Waals surface area (Å²) in [6.45, 7) is 3.95. The molecule has 3 aliphatic heterocycles. The third kappa shape index (κ3) is 3.17. The molecule has 36 heavy (non-hydrogen) atoms. The number of benzene rings is 3. The summed E-state index contributed by atoms with van der Waals surface area (Å²) in [7, 11) is 0. The molecular weight excluding hydrogens is 474 g/mol. The Morgan fingerprint density at radius 1 is 1.08 bits per heavy atom. The van der Waals surface area contributed by atoms with Crippen molar-refractivity contribution in [2.24, 2.45) is 5.92 Å². The molecule has 182 valence electrons. The van der Waals surface area contributed by atoms with Crippen molar-refractivity contribution >= 4 is 34.8 Å². The normalized spacial score (nSPS) is 26.6. The first-order chi connectivity index (χ1) is 17.3. The average molecular weight is 500 g/mol. The highest BCUT2D eigenvalue weighted by Gasteiger charge is 2.69. The highest BCUT2D eigenvalue weighted by atomic mass is 32.2. The van der Waals surface area contributed by atoms with Crippen molar-refractivity contribution in [2.45, 2.75) is 31.3 Å². The van der Waals surface area contributed by atoms with Crippen LogP contribution in [-0.2, 0) is 10.3 Å². The number of Topliss-reactive ketones (excluding diaryl/α,β-unsaturated/α-hetero) is 1. The quantitative estimate of drug-likeness (QED) is 0.308. The second kappa shape index (κ2) is 8.28. The molecule has 0 aromatic heterocycles.